The van der Waals surface area contributed by atoms with Gasteiger partial charge in [-0.25, -0.2) is 4.98 Å². The lowest BCUT2D eigenvalue weighted by Gasteiger charge is -2.05. The SMILES string of the molecule is Cc1cn2c(/C=C(\C#N)C(=O)c3c(Cl)cccc3Cl)c(C)nc2s1. The molecule has 2 aromatic heterocycles. The maximum Gasteiger partial charge on any atom is 0.206 e. The summed E-state index contributed by atoms with van der Waals surface area (Å²) >= 11 is 13.7. The van der Waals surface area contributed by atoms with E-state index in [2.05, 4.69) is 4.98 Å². The van der Waals surface area contributed by atoms with E-state index in [0.29, 0.717) is 5.69 Å². The summed E-state index contributed by atoms with van der Waals surface area (Å²) in [6.07, 6.45) is 3.46. The predicted molar refractivity (Wildman–Crippen MR) is 96.9 cm³/mol. The second-order valence-corrected chi connectivity index (χ2v) is 7.20. The molecule has 0 atom stereocenters. The Labute approximate surface area is 152 Å². The lowest BCUT2D eigenvalue weighted by Crippen LogP contribution is -2.04. The van der Waals surface area contributed by atoms with Crippen LogP contribution in [0.5, 0.6) is 0 Å². The van der Waals surface area contributed by atoms with E-state index in [4.69, 9.17) is 23.2 Å². The highest BCUT2D eigenvalue weighted by atomic mass is 35.5. The van der Waals surface area contributed by atoms with Crippen molar-refractivity contribution in [1.82, 2.24) is 9.38 Å². The molecule has 24 heavy (non-hydrogen) atoms. The Morgan fingerprint density at radius 2 is 2.00 bits per heavy atom. The molecule has 0 fully saturated rings. The minimum absolute atomic E-state index is 0.0428. The van der Waals surface area contributed by atoms with E-state index in [-0.39, 0.29) is 21.2 Å². The Morgan fingerprint density at radius 1 is 1.33 bits per heavy atom. The second-order valence-electron chi connectivity index (χ2n) is 5.17. The maximum absolute atomic E-state index is 12.7. The van der Waals surface area contributed by atoms with Gasteiger partial charge >= 0.3 is 0 Å². The zero-order chi connectivity index (χ0) is 17.4. The number of aryl methyl sites for hydroxylation is 2. The zero-order valence-electron chi connectivity index (χ0n) is 12.8. The first-order valence-corrected chi connectivity index (χ1v) is 8.55. The van der Waals surface area contributed by atoms with Crippen molar-refractivity contribution in [1.29, 1.82) is 5.26 Å². The minimum atomic E-state index is -0.505. The van der Waals surface area contributed by atoms with E-state index in [1.807, 2.05) is 30.5 Å². The molecule has 2 heterocycles. The van der Waals surface area contributed by atoms with Gasteiger partial charge in [0.05, 0.1) is 27.0 Å². The van der Waals surface area contributed by atoms with E-state index in [9.17, 15) is 10.1 Å². The van der Waals surface area contributed by atoms with E-state index in [1.54, 1.807) is 29.5 Å². The van der Waals surface area contributed by atoms with Gasteiger partial charge in [0.25, 0.3) is 0 Å². The van der Waals surface area contributed by atoms with Crippen LogP contribution in [0.15, 0.2) is 30.0 Å². The number of aromatic nitrogens is 2. The Hall–Kier alpha value is -2.13. The van der Waals surface area contributed by atoms with Crippen LogP contribution in [-0.2, 0) is 0 Å². The number of hydrogen-bond acceptors (Lipinski definition) is 4. The summed E-state index contributed by atoms with van der Waals surface area (Å²) in [5.74, 6) is -0.505. The summed E-state index contributed by atoms with van der Waals surface area (Å²) in [4.78, 5) is 19.1. The van der Waals surface area contributed by atoms with Crippen molar-refractivity contribution in [2.24, 2.45) is 0 Å². The van der Waals surface area contributed by atoms with Crippen molar-refractivity contribution in [3.05, 3.63) is 61.8 Å². The first-order valence-electron chi connectivity index (χ1n) is 6.98. The Bertz CT molecular complexity index is 1020. The van der Waals surface area contributed by atoms with Gasteiger partial charge in [0.1, 0.15) is 11.6 Å². The summed E-state index contributed by atoms with van der Waals surface area (Å²) < 4.78 is 1.87. The van der Waals surface area contributed by atoms with Crippen LogP contribution in [0.3, 0.4) is 0 Å². The number of hydrogen-bond donors (Lipinski definition) is 0. The van der Waals surface area contributed by atoms with Crippen molar-refractivity contribution in [2.75, 3.05) is 0 Å². The monoisotopic (exact) mass is 375 g/mol. The first-order chi connectivity index (χ1) is 11.4. The molecule has 0 spiro atoms. The average molecular weight is 376 g/mol. The molecule has 3 rings (SSSR count). The topological polar surface area (TPSA) is 58.2 Å². The third-order valence-electron chi connectivity index (χ3n) is 3.50. The minimum Gasteiger partial charge on any atom is -0.290 e. The van der Waals surface area contributed by atoms with Crippen molar-refractivity contribution in [2.45, 2.75) is 13.8 Å². The van der Waals surface area contributed by atoms with E-state index in [0.717, 1.165) is 15.5 Å². The lowest BCUT2D eigenvalue weighted by molar-refractivity contribution is 0.104. The molecule has 0 aliphatic heterocycles. The summed E-state index contributed by atoms with van der Waals surface area (Å²) in [5, 5.41) is 9.89. The molecular formula is C17H11Cl2N3OS. The van der Waals surface area contributed by atoms with Crippen LogP contribution in [0, 0.1) is 25.2 Å². The quantitative estimate of drug-likeness (QED) is 0.363. The number of allylic oxidation sites excluding steroid dienone is 1. The zero-order valence-corrected chi connectivity index (χ0v) is 15.1. The lowest BCUT2D eigenvalue weighted by atomic mass is 10.0. The number of nitriles is 1. The molecule has 4 nitrogen and oxygen atoms in total. The third-order valence-corrected chi connectivity index (χ3v) is 5.03. The summed E-state index contributed by atoms with van der Waals surface area (Å²) in [7, 11) is 0. The molecule has 120 valence electrons. The fourth-order valence-electron chi connectivity index (χ4n) is 2.39. The molecule has 0 unspecified atom stereocenters. The summed E-state index contributed by atoms with van der Waals surface area (Å²) in [6.45, 7) is 3.81. The number of halogens is 2. The van der Waals surface area contributed by atoms with Crippen molar-refractivity contribution < 1.29 is 4.79 Å². The van der Waals surface area contributed by atoms with Gasteiger partial charge in [-0.15, -0.1) is 11.3 Å². The van der Waals surface area contributed by atoms with Gasteiger partial charge in [-0.3, -0.25) is 9.20 Å². The summed E-state index contributed by atoms with van der Waals surface area (Å²) in [6, 6.07) is 6.74. The predicted octanol–water partition coefficient (Wildman–Crippen LogP) is 5.11. The number of benzene rings is 1. The number of thiazole rings is 1. The number of nitrogens with zero attached hydrogens (tertiary/aromatic N) is 3. The number of ketones is 1. The number of fused-ring (bicyclic) bond motifs is 1. The Kier molecular flexibility index (Phi) is 4.46. The van der Waals surface area contributed by atoms with Crippen LogP contribution in [0.1, 0.15) is 26.6 Å². The smallest absolute Gasteiger partial charge is 0.206 e. The Morgan fingerprint density at radius 3 is 2.62 bits per heavy atom. The third kappa shape index (κ3) is 2.84. The van der Waals surface area contributed by atoms with Crippen LogP contribution in [0.4, 0.5) is 0 Å². The molecule has 0 aliphatic carbocycles. The highest BCUT2D eigenvalue weighted by Crippen LogP contribution is 2.28. The largest absolute Gasteiger partial charge is 0.290 e. The van der Waals surface area contributed by atoms with Crippen molar-refractivity contribution in [3.8, 4) is 6.07 Å². The van der Waals surface area contributed by atoms with Crippen LogP contribution < -0.4 is 0 Å². The average Bonchev–Trinajstić information content (AvgIpc) is 3.00. The van der Waals surface area contributed by atoms with Gasteiger partial charge in [-0.2, -0.15) is 5.26 Å². The van der Waals surface area contributed by atoms with Gasteiger partial charge in [-0.05, 0) is 32.1 Å². The fourth-order valence-corrected chi connectivity index (χ4v) is 3.84. The van der Waals surface area contributed by atoms with Gasteiger partial charge in [0, 0.05) is 11.1 Å². The summed E-state index contributed by atoms with van der Waals surface area (Å²) in [5.41, 5.74) is 1.53. The van der Waals surface area contributed by atoms with E-state index in [1.165, 1.54) is 6.08 Å². The maximum atomic E-state index is 12.7. The van der Waals surface area contributed by atoms with Crippen LogP contribution in [-0.4, -0.2) is 15.2 Å². The fraction of sp³-hybridized carbons (Fsp3) is 0.118. The molecule has 7 heteroatoms. The molecule has 0 radical (unpaired) electrons. The molecule has 0 aliphatic rings. The molecular weight excluding hydrogens is 365 g/mol. The number of imidazole rings is 1. The number of carbonyl (C=O) groups excluding carboxylic acids is 1. The van der Waals surface area contributed by atoms with Crippen molar-refractivity contribution >= 4 is 51.4 Å². The molecule has 0 saturated heterocycles. The normalized spacial score (nSPS) is 11.7. The van der Waals surface area contributed by atoms with Gasteiger partial charge in [0.15, 0.2) is 4.96 Å². The van der Waals surface area contributed by atoms with Crippen LogP contribution >= 0.6 is 34.5 Å². The highest BCUT2D eigenvalue weighted by molar-refractivity contribution is 7.17. The number of rotatable bonds is 3. The standard InChI is InChI=1S/C17H11Cl2N3OS/c1-9-8-22-14(10(2)21-17(22)24-9)6-11(7-20)16(23)15-12(18)4-3-5-13(15)19/h3-6,8H,1-2H3/b11-6+. The highest BCUT2D eigenvalue weighted by Gasteiger charge is 2.20. The molecule has 0 saturated carbocycles. The molecule has 0 N–H and O–H groups in total. The first kappa shape index (κ1) is 16.7. The number of carbonyl (C=O) groups is 1. The molecule has 0 amide bonds. The Balaban J connectivity index is 2.14. The van der Waals surface area contributed by atoms with Crippen LogP contribution in [0.2, 0.25) is 10.0 Å². The van der Waals surface area contributed by atoms with Crippen molar-refractivity contribution in [3.63, 3.8) is 0 Å². The van der Waals surface area contributed by atoms with Gasteiger partial charge in [0.2, 0.25) is 5.78 Å². The second kappa shape index (κ2) is 6.40. The van der Waals surface area contributed by atoms with Gasteiger partial charge < -0.3 is 0 Å². The number of Topliss-reactive ketones (excluding diaryl/α,β-unsaturated/α-hetero) is 1. The molecule has 1 aromatic carbocycles. The van der Waals surface area contributed by atoms with E-state index < -0.39 is 5.78 Å². The van der Waals surface area contributed by atoms with E-state index >= 15 is 0 Å². The molecule has 0 bridgehead atoms. The van der Waals surface area contributed by atoms with Gasteiger partial charge in [-0.1, -0.05) is 29.3 Å². The van der Waals surface area contributed by atoms with Crippen LogP contribution in [0.25, 0.3) is 11.0 Å². The molecule has 3 aromatic rings.